The number of rotatable bonds is 1. The zero-order valence-corrected chi connectivity index (χ0v) is 11.8. The number of nitrogens with zero attached hydrogens (tertiary/aromatic N) is 1. The van der Waals surface area contributed by atoms with E-state index in [9.17, 15) is 4.79 Å². The van der Waals surface area contributed by atoms with Crippen molar-refractivity contribution < 1.29 is 4.79 Å². The maximum atomic E-state index is 11.8. The van der Waals surface area contributed by atoms with Crippen LogP contribution in [0, 0.1) is 6.92 Å². The van der Waals surface area contributed by atoms with Gasteiger partial charge in [0, 0.05) is 34.0 Å². The van der Waals surface area contributed by atoms with Crippen LogP contribution in [0.5, 0.6) is 0 Å². The van der Waals surface area contributed by atoms with Crippen molar-refractivity contribution in [2.75, 3.05) is 0 Å². The Morgan fingerprint density at radius 1 is 1.22 bits per heavy atom. The Bertz CT molecular complexity index is 627. The second-order valence-electron chi connectivity index (χ2n) is 4.75. The van der Waals surface area contributed by atoms with Gasteiger partial charge >= 0.3 is 0 Å². The highest BCUT2D eigenvalue weighted by Gasteiger charge is 2.21. The smallest absolute Gasteiger partial charge is 0.164 e. The third-order valence-electron chi connectivity index (χ3n) is 3.53. The maximum absolute atomic E-state index is 11.8. The lowest BCUT2D eigenvalue weighted by Crippen LogP contribution is -2.12. The summed E-state index contributed by atoms with van der Waals surface area (Å²) in [5.74, 6) is 0.282. The van der Waals surface area contributed by atoms with Crippen LogP contribution >= 0.6 is 15.9 Å². The van der Waals surface area contributed by atoms with Gasteiger partial charge in [0.2, 0.25) is 0 Å². The summed E-state index contributed by atoms with van der Waals surface area (Å²) in [6, 6.07) is 8.20. The number of hydrogen-bond donors (Lipinski definition) is 0. The minimum atomic E-state index is 0.282. The van der Waals surface area contributed by atoms with Gasteiger partial charge < -0.3 is 4.57 Å². The molecule has 1 aliphatic carbocycles. The van der Waals surface area contributed by atoms with E-state index in [0.29, 0.717) is 6.42 Å². The van der Waals surface area contributed by atoms with E-state index in [4.69, 9.17) is 0 Å². The first-order valence-corrected chi connectivity index (χ1v) is 6.96. The lowest BCUT2D eigenvalue weighted by molar-refractivity contribution is 0.0972. The zero-order valence-electron chi connectivity index (χ0n) is 10.2. The fourth-order valence-corrected chi connectivity index (χ4v) is 3.12. The van der Waals surface area contributed by atoms with Crippen LogP contribution in [0.15, 0.2) is 34.9 Å². The predicted octanol–water partition coefficient (Wildman–Crippen LogP) is 4.07. The van der Waals surface area contributed by atoms with E-state index in [1.54, 1.807) is 0 Å². The second kappa shape index (κ2) is 4.39. The van der Waals surface area contributed by atoms with Gasteiger partial charge in [-0.05, 0) is 49.6 Å². The van der Waals surface area contributed by atoms with Gasteiger partial charge in [0.05, 0.1) is 0 Å². The van der Waals surface area contributed by atoms with E-state index in [2.05, 4.69) is 39.6 Å². The SMILES string of the molecule is Cc1cc(Br)ccc1-n1ccc2c1CCCC2=O. The molecule has 3 heteroatoms. The summed E-state index contributed by atoms with van der Waals surface area (Å²) in [5.41, 5.74) is 4.44. The molecule has 0 spiro atoms. The summed E-state index contributed by atoms with van der Waals surface area (Å²) >= 11 is 3.48. The number of halogens is 1. The number of Topliss-reactive ketones (excluding diaryl/α,β-unsaturated/α-hetero) is 1. The molecule has 0 aliphatic heterocycles. The Balaban J connectivity index is 2.15. The molecule has 0 N–H and O–H groups in total. The third-order valence-corrected chi connectivity index (χ3v) is 4.02. The Hall–Kier alpha value is -1.35. The van der Waals surface area contributed by atoms with Gasteiger partial charge in [-0.1, -0.05) is 15.9 Å². The van der Waals surface area contributed by atoms with Crippen LogP contribution in [0.4, 0.5) is 0 Å². The fourth-order valence-electron chi connectivity index (χ4n) is 2.64. The van der Waals surface area contributed by atoms with Gasteiger partial charge in [-0.15, -0.1) is 0 Å². The first-order valence-electron chi connectivity index (χ1n) is 6.17. The number of carbonyl (C=O) groups excluding carboxylic acids is 1. The van der Waals surface area contributed by atoms with Crippen molar-refractivity contribution in [3.8, 4) is 5.69 Å². The molecule has 18 heavy (non-hydrogen) atoms. The van der Waals surface area contributed by atoms with E-state index < -0.39 is 0 Å². The molecule has 2 aromatic rings. The zero-order chi connectivity index (χ0) is 12.7. The topological polar surface area (TPSA) is 22.0 Å². The van der Waals surface area contributed by atoms with Crippen molar-refractivity contribution in [1.29, 1.82) is 0 Å². The predicted molar refractivity (Wildman–Crippen MR) is 75.5 cm³/mol. The lowest BCUT2D eigenvalue weighted by Gasteiger charge is -2.16. The quantitative estimate of drug-likeness (QED) is 0.778. The second-order valence-corrected chi connectivity index (χ2v) is 5.67. The number of ketones is 1. The average Bonchev–Trinajstić information content (AvgIpc) is 2.74. The first kappa shape index (κ1) is 11.7. The van der Waals surface area contributed by atoms with Gasteiger partial charge in [-0.2, -0.15) is 0 Å². The minimum Gasteiger partial charge on any atom is -0.320 e. The normalized spacial score (nSPS) is 14.7. The molecule has 0 atom stereocenters. The maximum Gasteiger partial charge on any atom is 0.164 e. The van der Waals surface area contributed by atoms with Crippen molar-refractivity contribution in [3.05, 3.63) is 51.8 Å². The van der Waals surface area contributed by atoms with Crippen LogP contribution in [-0.4, -0.2) is 10.4 Å². The van der Waals surface area contributed by atoms with Gasteiger partial charge in [0.15, 0.2) is 5.78 Å². The number of aryl methyl sites for hydroxylation is 1. The van der Waals surface area contributed by atoms with Gasteiger partial charge in [0.25, 0.3) is 0 Å². The molecule has 0 unspecified atom stereocenters. The molecule has 0 fully saturated rings. The van der Waals surface area contributed by atoms with E-state index in [1.165, 1.54) is 5.56 Å². The van der Waals surface area contributed by atoms with Crippen LogP contribution in [-0.2, 0) is 6.42 Å². The number of benzene rings is 1. The molecular weight excluding hydrogens is 290 g/mol. The molecule has 0 saturated heterocycles. The minimum absolute atomic E-state index is 0.282. The van der Waals surface area contributed by atoms with E-state index in [-0.39, 0.29) is 5.78 Å². The van der Waals surface area contributed by atoms with Crippen molar-refractivity contribution in [1.82, 2.24) is 4.57 Å². The standard InChI is InChI=1S/C15H14BrNO/c1-10-9-11(16)5-6-13(10)17-8-7-12-14(17)3-2-4-15(12)18/h5-9H,2-4H2,1H3. The van der Waals surface area contributed by atoms with Crippen LogP contribution in [0.2, 0.25) is 0 Å². The number of carbonyl (C=O) groups is 1. The van der Waals surface area contributed by atoms with Crippen LogP contribution in [0.1, 0.15) is 34.5 Å². The molecule has 0 amide bonds. The molecule has 1 aromatic heterocycles. The molecule has 0 radical (unpaired) electrons. The van der Waals surface area contributed by atoms with E-state index >= 15 is 0 Å². The molecular formula is C15H14BrNO. The Morgan fingerprint density at radius 3 is 2.83 bits per heavy atom. The number of hydrogen-bond acceptors (Lipinski definition) is 1. The molecule has 1 aliphatic rings. The molecule has 0 bridgehead atoms. The molecule has 92 valence electrons. The molecule has 2 nitrogen and oxygen atoms in total. The van der Waals surface area contributed by atoms with E-state index in [1.807, 2.05) is 18.3 Å². The lowest BCUT2D eigenvalue weighted by atomic mass is 9.96. The van der Waals surface area contributed by atoms with Gasteiger partial charge in [-0.3, -0.25) is 4.79 Å². The van der Waals surface area contributed by atoms with Crippen LogP contribution in [0.3, 0.4) is 0 Å². The van der Waals surface area contributed by atoms with Crippen molar-refractivity contribution >= 4 is 21.7 Å². The summed E-state index contributed by atoms with van der Waals surface area (Å²) < 4.78 is 3.25. The van der Waals surface area contributed by atoms with Gasteiger partial charge in [-0.25, -0.2) is 0 Å². The molecule has 3 rings (SSSR count). The summed E-state index contributed by atoms with van der Waals surface area (Å²) in [5, 5.41) is 0. The average molecular weight is 304 g/mol. The Kier molecular flexibility index (Phi) is 2.86. The summed E-state index contributed by atoms with van der Waals surface area (Å²) in [6.07, 6.45) is 4.66. The van der Waals surface area contributed by atoms with Crippen molar-refractivity contribution in [2.24, 2.45) is 0 Å². The Morgan fingerprint density at radius 2 is 2.06 bits per heavy atom. The highest BCUT2D eigenvalue weighted by molar-refractivity contribution is 9.10. The molecule has 0 saturated carbocycles. The van der Waals surface area contributed by atoms with Crippen molar-refractivity contribution in [3.63, 3.8) is 0 Å². The molecule has 1 heterocycles. The van der Waals surface area contributed by atoms with Gasteiger partial charge in [0.1, 0.15) is 0 Å². The molecule has 1 aromatic carbocycles. The number of aromatic nitrogens is 1. The monoisotopic (exact) mass is 303 g/mol. The van der Waals surface area contributed by atoms with Crippen LogP contribution < -0.4 is 0 Å². The largest absolute Gasteiger partial charge is 0.320 e. The summed E-state index contributed by atoms with van der Waals surface area (Å²) in [4.78, 5) is 11.8. The fraction of sp³-hybridized carbons (Fsp3) is 0.267. The highest BCUT2D eigenvalue weighted by Crippen LogP contribution is 2.27. The van der Waals surface area contributed by atoms with E-state index in [0.717, 1.165) is 34.3 Å². The summed E-state index contributed by atoms with van der Waals surface area (Å²) in [6.45, 7) is 2.09. The Labute approximate surface area is 115 Å². The van der Waals surface area contributed by atoms with Crippen LogP contribution in [0.25, 0.3) is 5.69 Å². The summed E-state index contributed by atoms with van der Waals surface area (Å²) in [7, 11) is 0. The highest BCUT2D eigenvalue weighted by atomic mass is 79.9. The van der Waals surface area contributed by atoms with Crippen molar-refractivity contribution in [2.45, 2.75) is 26.2 Å². The third kappa shape index (κ3) is 1.83. The number of fused-ring (bicyclic) bond motifs is 1. The first-order chi connectivity index (χ1) is 8.66.